The number of hydrogen-bond acceptors (Lipinski definition) is 3. The zero-order valence-corrected chi connectivity index (χ0v) is 15.4. The maximum Gasteiger partial charge on any atom is 0.319 e. The van der Waals surface area contributed by atoms with Crippen molar-refractivity contribution in [2.75, 3.05) is 37.5 Å². The number of benzene rings is 2. The molecule has 0 aliphatic carbocycles. The highest BCUT2D eigenvalue weighted by Crippen LogP contribution is 2.25. The van der Waals surface area contributed by atoms with Gasteiger partial charge in [0.1, 0.15) is 12.4 Å². The predicted octanol–water partition coefficient (Wildman–Crippen LogP) is 4.08. The molecule has 5 heteroatoms. The van der Waals surface area contributed by atoms with Crippen molar-refractivity contribution in [3.8, 4) is 5.75 Å². The first-order valence-corrected chi connectivity index (χ1v) is 8.51. The van der Waals surface area contributed by atoms with E-state index >= 15 is 0 Å². The van der Waals surface area contributed by atoms with Crippen LogP contribution in [0, 0.1) is 0 Å². The molecule has 0 aliphatic rings. The number of urea groups is 1. The summed E-state index contributed by atoms with van der Waals surface area (Å²) in [5.74, 6) is 1.27. The topological polar surface area (TPSA) is 53.6 Å². The number of amides is 2. The molecule has 0 saturated heterocycles. The van der Waals surface area contributed by atoms with Gasteiger partial charge in [0.25, 0.3) is 0 Å². The molecule has 5 nitrogen and oxygen atoms in total. The minimum atomic E-state index is -0.238. The van der Waals surface area contributed by atoms with Crippen LogP contribution < -0.4 is 20.3 Å². The van der Waals surface area contributed by atoms with Crippen molar-refractivity contribution in [1.82, 2.24) is 5.32 Å². The first-order valence-electron chi connectivity index (χ1n) is 8.51. The van der Waals surface area contributed by atoms with Crippen molar-refractivity contribution >= 4 is 17.4 Å². The highest BCUT2D eigenvalue weighted by molar-refractivity contribution is 5.89. The lowest BCUT2D eigenvalue weighted by Gasteiger charge is -2.15. The van der Waals surface area contributed by atoms with E-state index in [4.69, 9.17) is 4.74 Å². The van der Waals surface area contributed by atoms with Gasteiger partial charge in [-0.15, -0.1) is 0 Å². The number of hydrogen-bond donors (Lipinski definition) is 2. The number of nitrogens with zero attached hydrogens (tertiary/aromatic N) is 1. The first kappa shape index (κ1) is 18.6. The largest absolute Gasteiger partial charge is 0.491 e. The average Bonchev–Trinajstić information content (AvgIpc) is 2.59. The standard InChI is InChI=1S/C20H27N3O2/c1-15(2)18-7-5-6-8-19(18)25-14-13-21-20(24)22-16-9-11-17(12-10-16)23(3)4/h5-12,15H,13-14H2,1-4H3,(H2,21,22,24). The highest BCUT2D eigenvalue weighted by atomic mass is 16.5. The smallest absolute Gasteiger partial charge is 0.319 e. The molecule has 0 aliphatic heterocycles. The predicted molar refractivity (Wildman–Crippen MR) is 104 cm³/mol. The van der Waals surface area contributed by atoms with Crippen LogP contribution in [0.25, 0.3) is 0 Å². The molecule has 2 aromatic carbocycles. The van der Waals surface area contributed by atoms with E-state index in [9.17, 15) is 4.79 Å². The van der Waals surface area contributed by atoms with Gasteiger partial charge in [-0.25, -0.2) is 4.79 Å². The maximum absolute atomic E-state index is 11.9. The second-order valence-electron chi connectivity index (χ2n) is 6.36. The summed E-state index contributed by atoms with van der Waals surface area (Å²) in [6.45, 7) is 5.13. The van der Waals surface area contributed by atoms with Gasteiger partial charge in [0.2, 0.25) is 0 Å². The summed E-state index contributed by atoms with van der Waals surface area (Å²) in [4.78, 5) is 13.9. The summed E-state index contributed by atoms with van der Waals surface area (Å²) in [6, 6.07) is 15.4. The second-order valence-corrected chi connectivity index (χ2v) is 6.36. The third-order valence-electron chi connectivity index (χ3n) is 3.83. The van der Waals surface area contributed by atoms with Gasteiger partial charge in [0.15, 0.2) is 0 Å². The molecule has 0 bridgehead atoms. The van der Waals surface area contributed by atoms with E-state index in [1.165, 1.54) is 5.56 Å². The SMILES string of the molecule is CC(C)c1ccccc1OCCNC(=O)Nc1ccc(N(C)C)cc1. The minimum absolute atomic E-state index is 0.238. The number of carbonyl (C=O) groups is 1. The number of ether oxygens (including phenoxy) is 1. The normalized spacial score (nSPS) is 10.4. The molecule has 25 heavy (non-hydrogen) atoms. The number of nitrogens with one attached hydrogen (secondary N) is 2. The Balaban J connectivity index is 1.75. The molecular weight excluding hydrogens is 314 g/mol. The van der Waals surface area contributed by atoms with Gasteiger partial charge < -0.3 is 20.3 Å². The van der Waals surface area contributed by atoms with Crippen LogP contribution in [0.3, 0.4) is 0 Å². The molecule has 0 atom stereocenters. The van der Waals surface area contributed by atoms with Gasteiger partial charge in [0, 0.05) is 25.5 Å². The number of para-hydroxylation sites is 1. The van der Waals surface area contributed by atoms with Gasteiger partial charge in [-0.1, -0.05) is 32.0 Å². The van der Waals surface area contributed by atoms with E-state index in [2.05, 4.69) is 30.5 Å². The molecule has 2 rings (SSSR count). The summed E-state index contributed by atoms with van der Waals surface area (Å²) in [6.07, 6.45) is 0. The fourth-order valence-corrected chi connectivity index (χ4v) is 2.43. The van der Waals surface area contributed by atoms with Crippen LogP contribution in [0.1, 0.15) is 25.3 Å². The van der Waals surface area contributed by atoms with Gasteiger partial charge in [-0.2, -0.15) is 0 Å². The van der Waals surface area contributed by atoms with E-state index in [1.54, 1.807) is 0 Å². The van der Waals surface area contributed by atoms with E-state index in [0.29, 0.717) is 19.1 Å². The lowest BCUT2D eigenvalue weighted by Crippen LogP contribution is -2.32. The number of rotatable bonds is 7. The third kappa shape index (κ3) is 5.71. The van der Waals surface area contributed by atoms with Crippen LogP contribution in [0.5, 0.6) is 5.75 Å². The summed E-state index contributed by atoms with van der Waals surface area (Å²) in [7, 11) is 3.96. The molecule has 2 N–H and O–H groups in total. The van der Waals surface area contributed by atoms with Crippen molar-refractivity contribution in [2.24, 2.45) is 0 Å². The third-order valence-corrected chi connectivity index (χ3v) is 3.83. The quantitative estimate of drug-likeness (QED) is 0.746. The molecule has 0 fully saturated rings. The summed E-state index contributed by atoms with van der Waals surface area (Å²) in [5.41, 5.74) is 3.02. The molecule has 0 saturated carbocycles. The molecule has 0 heterocycles. The Morgan fingerprint density at radius 3 is 2.40 bits per heavy atom. The van der Waals surface area contributed by atoms with Crippen molar-refractivity contribution < 1.29 is 9.53 Å². The Labute approximate surface area is 150 Å². The average molecular weight is 341 g/mol. The summed E-state index contributed by atoms with van der Waals surface area (Å²) in [5, 5.41) is 5.61. The van der Waals surface area contributed by atoms with E-state index in [0.717, 1.165) is 17.1 Å². The zero-order chi connectivity index (χ0) is 18.2. The summed E-state index contributed by atoms with van der Waals surface area (Å²) >= 11 is 0. The second kappa shape index (κ2) is 8.97. The van der Waals surface area contributed by atoms with Crippen molar-refractivity contribution in [3.63, 3.8) is 0 Å². The van der Waals surface area contributed by atoms with Crippen LogP contribution in [-0.2, 0) is 0 Å². The fraction of sp³-hybridized carbons (Fsp3) is 0.350. The molecule has 0 unspecified atom stereocenters. The number of carbonyl (C=O) groups excluding carboxylic acids is 1. The Kier molecular flexibility index (Phi) is 6.69. The lowest BCUT2D eigenvalue weighted by molar-refractivity contribution is 0.247. The van der Waals surface area contributed by atoms with Crippen molar-refractivity contribution in [3.05, 3.63) is 54.1 Å². The van der Waals surface area contributed by atoms with Crippen LogP contribution in [0.15, 0.2) is 48.5 Å². The molecule has 0 radical (unpaired) electrons. The zero-order valence-electron chi connectivity index (χ0n) is 15.4. The summed E-state index contributed by atoms with van der Waals surface area (Å²) < 4.78 is 5.79. The van der Waals surface area contributed by atoms with Gasteiger partial charge in [-0.3, -0.25) is 0 Å². The molecule has 2 aromatic rings. The van der Waals surface area contributed by atoms with Crippen LogP contribution in [-0.4, -0.2) is 33.3 Å². The van der Waals surface area contributed by atoms with E-state index in [1.807, 2.05) is 61.5 Å². The molecule has 2 amide bonds. The molecule has 0 aromatic heterocycles. The van der Waals surface area contributed by atoms with Crippen LogP contribution in [0.4, 0.5) is 16.2 Å². The lowest BCUT2D eigenvalue weighted by atomic mass is 10.0. The Morgan fingerprint density at radius 1 is 1.08 bits per heavy atom. The minimum Gasteiger partial charge on any atom is -0.491 e. The van der Waals surface area contributed by atoms with E-state index < -0.39 is 0 Å². The van der Waals surface area contributed by atoms with Crippen molar-refractivity contribution in [1.29, 1.82) is 0 Å². The monoisotopic (exact) mass is 341 g/mol. The van der Waals surface area contributed by atoms with E-state index in [-0.39, 0.29) is 6.03 Å². The molecule has 0 spiro atoms. The van der Waals surface area contributed by atoms with Crippen LogP contribution >= 0.6 is 0 Å². The molecule has 134 valence electrons. The molecular formula is C20H27N3O2. The number of anilines is 2. The Morgan fingerprint density at radius 2 is 1.76 bits per heavy atom. The van der Waals surface area contributed by atoms with Crippen LogP contribution in [0.2, 0.25) is 0 Å². The Bertz CT molecular complexity index is 682. The van der Waals surface area contributed by atoms with Crippen molar-refractivity contribution in [2.45, 2.75) is 19.8 Å². The fourth-order valence-electron chi connectivity index (χ4n) is 2.43. The Hall–Kier alpha value is -2.69. The highest BCUT2D eigenvalue weighted by Gasteiger charge is 2.07. The van der Waals surface area contributed by atoms with Gasteiger partial charge in [-0.05, 0) is 41.8 Å². The van der Waals surface area contributed by atoms with Gasteiger partial charge >= 0.3 is 6.03 Å². The van der Waals surface area contributed by atoms with Gasteiger partial charge in [0.05, 0.1) is 6.54 Å². The maximum atomic E-state index is 11.9. The first-order chi connectivity index (χ1) is 12.0.